The fourth-order valence-corrected chi connectivity index (χ4v) is 2.93. The number of hydrogen-bond donors (Lipinski definition) is 1. The van der Waals surface area contributed by atoms with Gasteiger partial charge in [-0.15, -0.1) is 0 Å². The number of methoxy groups -OCH3 is 2. The molecule has 0 aliphatic carbocycles. The molecule has 1 saturated heterocycles. The van der Waals surface area contributed by atoms with E-state index in [1.807, 2.05) is 6.07 Å². The topological polar surface area (TPSA) is 33.7 Å². The number of rotatable bonds is 7. The zero-order valence-electron chi connectivity index (χ0n) is 13.5. The smallest absolute Gasteiger partial charge is 0.161 e. The maximum absolute atomic E-state index is 5.39. The van der Waals surface area contributed by atoms with Crippen LogP contribution in [0, 0.1) is 0 Å². The summed E-state index contributed by atoms with van der Waals surface area (Å²) in [6, 6.07) is 6.83. The molecule has 0 radical (unpaired) electrons. The molecule has 4 heteroatoms. The van der Waals surface area contributed by atoms with Crippen molar-refractivity contribution in [3.63, 3.8) is 0 Å². The Bertz CT molecular complexity index is 431. The summed E-state index contributed by atoms with van der Waals surface area (Å²) in [5.41, 5.74) is 1.27. The Balaban J connectivity index is 1.97. The molecule has 1 fully saturated rings. The van der Waals surface area contributed by atoms with Crippen LogP contribution in [0.4, 0.5) is 0 Å². The Kier molecular flexibility index (Phi) is 6.33. The van der Waals surface area contributed by atoms with Crippen LogP contribution in [0.3, 0.4) is 0 Å². The standard InChI is InChI=1S/C17H28N2O2/c1-4-19(13-15-7-5-6-10-18-15)12-14-8-9-16(20-2)17(11-14)21-3/h8-9,11,15,18H,4-7,10,12-13H2,1-3H3. The quantitative estimate of drug-likeness (QED) is 0.838. The molecule has 1 aromatic rings. The fraction of sp³-hybridized carbons (Fsp3) is 0.647. The molecule has 0 amide bonds. The van der Waals surface area contributed by atoms with Gasteiger partial charge in [0.05, 0.1) is 14.2 Å². The molecule has 1 aromatic carbocycles. The summed E-state index contributed by atoms with van der Waals surface area (Å²) in [6.45, 7) is 6.52. The maximum Gasteiger partial charge on any atom is 0.161 e. The van der Waals surface area contributed by atoms with Crippen molar-refractivity contribution in [3.8, 4) is 11.5 Å². The predicted molar refractivity (Wildman–Crippen MR) is 86.1 cm³/mol. The van der Waals surface area contributed by atoms with Crippen LogP contribution in [0.5, 0.6) is 11.5 Å². The molecule has 1 heterocycles. The number of nitrogens with zero attached hydrogens (tertiary/aromatic N) is 1. The van der Waals surface area contributed by atoms with Crippen molar-refractivity contribution in [1.29, 1.82) is 0 Å². The molecule has 1 unspecified atom stereocenters. The van der Waals surface area contributed by atoms with Crippen molar-refractivity contribution >= 4 is 0 Å². The van der Waals surface area contributed by atoms with Crippen molar-refractivity contribution < 1.29 is 9.47 Å². The second-order valence-electron chi connectivity index (χ2n) is 5.66. The average Bonchev–Trinajstić information content (AvgIpc) is 2.55. The highest BCUT2D eigenvalue weighted by molar-refractivity contribution is 5.42. The largest absolute Gasteiger partial charge is 0.493 e. The van der Waals surface area contributed by atoms with Crippen LogP contribution < -0.4 is 14.8 Å². The number of nitrogens with one attached hydrogen (secondary N) is 1. The summed E-state index contributed by atoms with van der Waals surface area (Å²) in [6.07, 6.45) is 3.96. The fourth-order valence-electron chi connectivity index (χ4n) is 2.93. The highest BCUT2D eigenvalue weighted by Gasteiger charge is 2.16. The van der Waals surface area contributed by atoms with E-state index in [1.165, 1.54) is 31.4 Å². The van der Waals surface area contributed by atoms with Crippen LogP contribution in [-0.2, 0) is 6.54 Å². The first-order valence-electron chi connectivity index (χ1n) is 7.93. The molecule has 0 saturated carbocycles. The van der Waals surface area contributed by atoms with Gasteiger partial charge in [0.25, 0.3) is 0 Å². The van der Waals surface area contributed by atoms with Gasteiger partial charge in [0, 0.05) is 19.1 Å². The van der Waals surface area contributed by atoms with E-state index in [-0.39, 0.29) is 0 Å². The van der Waals surface area contributed by atoms with Gasteiger partial charge in [-0.05, 0) is 43.6 Å². The number of hydrogen-bond acceptors (Lipinski definition) is 4. The molecule has 1 N–H and O–H groups in total. The van der Waals surface area contributed by atoms with Crippen LogP contribution in [0.15, 0.2) is 18.2 Å². The molecule has 2 rings (SSSR count). The van der Waals surface area contributed by atoms with Crippen LogP contribution in [0.1, 0.15) is 31.7 Å². The number of benzene rings is 1. The highest BCUT2D eigenvalue weighted by atomic mass is 16.5. The third-order valence-electron chi connectivity index (χ3n) is 4.19. The van der Waals surface area contributed by atoms with E-state index in [1.54, 1.807) is 14.2 Å². The number of likely N-dealkylation sites (N-methyl/N-ethyl adjacent to an activating group) is 1. The third-order valence-corrected chi connectivity index (χ3v) is 4.19. The zero-order valence-corrected chi connectivity index (χ0v) is 13.5. The van der Waals surface area contributed by atoms with E-state index >= 15 is 0 Å². The summed E-state index contributed by atoms with van der Waals surface area (Å²) in [5, 5.41) is 3.62. The third kappa shape index (κ3) is 4.61. The van der Waals surface area contributed by atoms with Gasteiger partial charge in [0.15, 0.2) is 11.5 Å². The van der Waals surface area contributed by atoms with Crippen LogP contribution in [0.25, 0.3) is 0 Å². The lowest BCUT2D eigenvalue weighted by Gasteiger charge is -2.30. The number of piperidine rings is 1. The molecular formula is C17H28N2O2. The van der Waals surface area contributed by atoms with Crippen LogP contribution in [-0.4, -0.2) is 44.8 Å². The van der Waals surface area contributed by atoms with Crippen LogP contribution >= 0.6 is 0 Å². The van der Waals surface area contributed by atoms with E-state index < -0.39 is 0 Å². The first kappa shape index (κ1) is 16.1. The highest BCUT2D eigenvalue weighted by Crippen LogP contribution is 2.28. The molecule has 118 valence electrons. The van der Waals surface area contributed by atoms with Gasteiger partial charge in [-0.2, -0.15) is 0 Å². The Morgan fingerprint density at radius 3 is 2.62 bits per heavy atom. The first-order chi connectivity index (χ1) is 10.3. The van der Waals surface area contributed by atoms with E-state index in [9.17, 15) is 0 Å². The van der Waals surface area contributed by atoms with E-state index in [0.29, 0.717) is 6.04 Å². The van der Waals surface area contributed by atoms with Gasteiger partial charge in [-0.25, -0.2) is 0 Å². The van der Waals surface area contributed by atoms with E-state index in [2.05, 4.69) is 29.3 Å². The first-order valence-corrected chi connectivity index (χ1v) is 7.93. The SMILES string of the molecule is CCN(Cc1ccc(OC)c(OC)c1)CC1CCCCN1. The van der Waals surface area contributed by atoms with Crippen molar-refractivity contribution in [3.05, 3.63) is 23.8 Å². The summed E-state index contributed by atoms with van der Waals surface area (Å²) in [5.74, 6) is 1.60. The van der Waals surface area contributed by atoms with Gasteiger partial charge >= 0.3 is 0 Å². The predicted octanol–water partition coefficient (Wildman–Crippen LogP) is 2.67. The molecule has 1 atom stereocenters. The van der Waals surface area contributed by atoms with Crippen molar-refractivity contribution in [1.82, 2.24) is 10.2 Å². The van der Waals surface area contributed by atoms with Crippen LogP contribution in [0.2, 0.25) is 0 Å². The van der Waals surface area contributed by atoms with Gasteiger partial charge < -0.3 is 14.8 Å². The molecule has 0 aromatic heterocycles. The maximum atomic E-state index is 5.39. The lowest BCUT2D eigenvalue weighted by Crippen LogP contribution is -2.43. The lowest BCUT2D eigenvalue weighted by atomic mass is 10.0. The zero-order chi connectivity index (χ0) is 15.1. The summed E-state index contributed by atoms with van der Waals surface area (Å²) >= 11 is 0. The Morgan fingerprint density at radius 2 is 2.00 bits per heavy atom. The van der Waals surface area contributed by atoms with Gasteiger partial charge in [0.1, 0.15) is 0 Å². The summed E-state index contributed by atoms with van der Waals surface area (Å²) in [4.78, 5) is 2.49. The molecule has 0 bridgehead atoms. The van der Waals surface area contributed by atoms with Crippen molar-refractivity contribution in [2.75, 3.05) is 33.9 Å². The second-order valence-corrected chi connectivity index (χ2v) is 5.66. The Labute approximate surface area is 128 Å². The molecule has 21 heavy (non-hydrogen) atoms. The monoisotopic (exact) mass is 292 g/mol. The minimum Gasteiger partial charge on any atom is -0.493 e. The molecular weight excluding hydrogens is 264 g/mol. The molecule has 1 aliphatic rings. The number of ether oxygens (including phenoxy) is 2. The van der Waals surface area contributed by atoms with Crippen molar-refractivity contribution in [2.45, 2.75) is 38.8 Å². The lowest BCUT2D eigenvalue weighted by molar-refractivity contribution is 0.226. The molecule has 1 aliphatic heterocycles. The summed E-state index contributed by atoms with van der Waals surface area (Å²) in [7, 11) is 3.36. The molecule has 4 nitrogen and oxygen atoms in total. The van der Waals surface area contributed by atoms with Gasteiger partial charge in [0.2, 0.25) is 0 Å². The Hall–Kier alpha value is -1.26. The summed E-state index contributed by atoms with van der Waals surface area (Å²) < 4.78 is 10.7. The molecule has 0 spiro atoms. The average molecular weight is 292 g/mol. The second kappa shape index (κ2) is 8.25. The minimum absolute atomic E-state index is 0.638. The Morgan fingerprint density at radius 1 is 1.19 bits per heavy atom. The van der Waals surface area contributed by atoms with Gasteiger partial charge in [-0.1, -0.05) is 19.4 Å². The van der Waals surface area contributed by atoms with Gasteiger partial charge in [-0.3, -0.25) is 4.90 Å². The van der Waals surface area contributed by atoms with E-state index in [0.717, 1.165) is 31.1 Å². The van der Waals surface area contributed by atoms with Crippen molar-refractivity contribution in [2.24, 2.45) is 0 Å². The normalized spacial score (nSPS) is 18.8. The van der Waals surface area contributed by atoms with E-state index in [4.69, 9.17) is 9.47 Å². The minimum atomic E-state index is 0.638.